The monoisotopic (exact) mass is 405 g/mol. The molecule has 1 heterocycles. The summed E-state index contributed by atoms with van der Waals surface area (Å²) in [4.78, 5) is 27.2. The van der Waals surface area contributed by atoms with Crippen LogP contribution in [0, 0.1) is 25.2 Å². The van der Waals surface area contributed by atoms with Crippen molar-refractivity contribution >= 4 is 29.3 Å². The van der Waals surface area contributed by atoms with Gasteiger partial charge in [0, 0.05) is 5.69 Å². The lowest BCUT2D eigenvalue weighted by Crippen LogP contribution is -2.32. The first-order valence-corrected chi connectivity index (χ1v) is 10.3. The molecule has 5 nitrogen and oxygen atoms in total. The average molecular weight is 406 g/mol. The van der Waals surface area contributed by atoms with E-state index in [2.05, 4.69) is 5.32 Å². The summed E-state index contributed by atoms with van der Waals surface area (Å²) >= 11 is 1.24. The van der Waals surface area contributed by atoms with Crippen LogP contribution in [0.1, 0.15) is 36.6 Å². The number of anilines is 1. The fourth-order valence-electron chi connectivity index (χ4n) is 3.12. The molecule has 1 aliphatic rings. The minimum absolute atomic E-state index is 0.0475. The topological polar surface area (TPSA) is 73.2 Å². The van der Waals surface area contributed by atoms with Crippen molar-refractivity contribution in [2.24, 2.45) is 0 Å². The Kier molecular flexibility index (Phi) is 6.09. The van der Waals surface area contributed by atoms with Crippen LogP contribution in [0.3, 0.4) is 0 Å². The number of hydrogen-bond acceptors (Lipinski definition) is 4. The first kappa shape index (κ1) is 20.7. The third-order valence-corrected chi connectivity index (χ3v) is 6.17. The molecule has 0 bridgehead atoms. The van der Waals surface area contributed by atoms with E-state index in [1.54, 1.807) is 6.92 Å². The molecule has 1 saturated heterocycles. The minimum atomic E-state index is -0.484. The lowest BCUT2D eigenvalue weighted by atomic mass is 10.1. The predicted octanol–water partition coefficient (Wildman–Crippen LogP) is 4.38. The van der Waals surface area contributed by atoms with Crippen LogP contribution in [0.5, 0.6) is 0 Å². The van der Waals surface area contributed by atoms with E-state index in [0.717, 1.165) is 16.7 Å². The summed E-state index contributed by atoms with van der Waals surface area (Å²) in [5, 5.41) is 12.6. The lowest BCUT2D eigenvalue weighted by Gasteiger charge is -2.20. The molecule has 6 heteroatoms. The molecular formula is C23H23N3O2S. The number of carbonyl (C=O) groups excluding carboxylic acids is 2. The number of rotatable bonds is 4. The molecule has 1 fully saturated rings. The molecule has 0 spiro atoms. The maximum absolute atomic E-state index is 12.9. The van der Waals surface area contributed by atoms with Gasteiger partial charge in [0.25, 0.3) is 5.91 Å². The highest BCUT2D eigenvalue weighted by atomic mass is 32.2. The quantitative estimate of drug-likeness (QED) is 0.605. The van der Waals surface area contributed by atoms with Crippen molar-refractivity contribution in [2.75, 3.05) is 4.90 Å². The molecule has 2 amide bonds. The van der Waals surface area contributed by atoms with Gasteiger partial charge in [0.1, 0.15) is 16.7 Å². The number of aryl methyl sites for hydroxylation is 2. The van der Waals surface area contributed by atoms with Crippen LogP contribution < -0.4 is 10.2 Å². The molecule has 0 aliphatic carbocycles. The summed E-state index contributed by atoms with van der Waals surface area (Å²) in [7, 11) is 0. The van der Waals surface area contributed by atoms with Gasteiger partial charge >= 0.3 is 0 Å². The first-order chi connectivity index (χ1) is 13.8. The van der Waals surface area contributed by atoms with E-state index < -0.39 is 5.91 Å². The minimum Gasteiger partial charge on any atom is -0.345 e. The van der Waals surface area contributed by atoms with Gasteiger partial charge in [-0.2, -0.15) is 5.26 Å². The summed E-state index contributed by atoms with van der Waals surface area (Å²) in [6.45, 7) is 7.62. The van der Waals surface area contributed by atoms with E-state index in [4.69, 9.17) is 0 Å². The second kappa shape index (κ2) is 8.54. The Balaban J connectivity index is 1.97. The zero-order valence-electron chi connectivity index (χ0n) is 16.9. The highest BCUT2D eigenvalue weighted by Gasteiger charge is 2.38. The fourth-order valence-corrected chi connectivity index (χ4v) is 4.22. The van der Waals surface area contributed by atoms with Crippen molar-refractivity contribution in [3.8, 4) is 6.07 Å². The molecule has 148 valence electrons. The molecule has 0 saturated carbocycles. The van der Waals surface area contributed by atoms with Gasteiger partial charge in [0.05, 0.1) is 11.3 Å². The number of nitrogens with zero attached hydrogens (tertiary/aromatic N) is 2. The highest BCUT2D eigenvalue weighted by molar-refractivity contribution is 8.05. The number of nitrogens with one attached hydrogen (secondary N) is 1. The maximum Gasteiger partial charge on any atom is 0.265 e. The Bertz CT molecular complexity index is 1020. The molecule has 0 radical (unpaired) electrons. The zero-order chi connectivity index (χ0) is 21.1. The van der Waals surface area contributed by atoms with Crippen molar-refractivity contribution in [1.29, 1.82) is 5.26 Å². The number of benzene rings is 2. The summed E-state index contributed by atoms with van der Waals surface area (Å²) in [6.07, 6.45) is 0. The zero-order valence-corrected chi connectivity index (χ0v) is 17.7. The largest absolute Gasteiger partial charge is 0.345 e. The molecule has 1 aliphatic heterocycles. The third-order valence-electron chi connectivity index (χ3n) is 5.01. The smallest absolute Gasteiger partial charge is 0.265 e. The molecule has 1 N–H and O–H groups in total. The Morgan fingerprint density at radius 2 is 1.86 bits per heavy atom. The van der Waals surface area contributed by atoms with Crippen molar-refractivity contribution in [2.45, 2.75) is 39.0 Å². The van der Waals surface area contributed by atoms with Gasteiger partial charge in [0.2, 0.25) is 5.91 Å². The summed E-state index contributed by atoms with van der Waals surface area (Å²) < 4.78 is 0. The Morgan fingerprint density at radius 1 is 1.17 bits per heavy atom. The first-order valence-electron chi connectivity index (χ1n) is 9.41. The van der Waals surface area contributed by atoms with Crippen molar-refractivity contribution in [3.63, 3.8) is 0 Å². The SMILES string of the molecule is Cc1ccc(N2C(=O)C(C)S/C2=C(/C#N)C(=O)NC(C)c2ccccc2)cc1C. The maximum atomic E-state index is 12.9. The van der Waals surface area contributed by atoms with Gasteiger partial charge in [-0.15, -0.1) is 0 Å². The van der Waals surface area contributed by atoms with E-state index >= 15 is 0 Å². The highest BCUT2D eigenvalue weighted by Crippen LogP contribution is 2.40. The van der Waals surface area contributed by atoms with Crippen molar-refractivity contribution in [1.82, 2.24) is 5.32 Å². The standard InChI is InChI=1S/C23H23N3O2S/c1-14-10-11-19(12-15(14)2)26-22(28)17(4)29-23(26)20(13-24)21(27)25-16(3)18-8-6-5-7-9-18/h5-12,16-17H,1-4H3,(H,25,27)/b23-20-. The number of nitriles is 1. The van der Waals surface area contributed by atoms with Crippen molar-refractivity contribution in [3.05, 3.63) is 75.8 Å². The van der Waals surface area contributed by atoms with E-state index in [9.17, 15) is 14.9 Å². The Labute approximate surface area is 175 Å². The predicted molar refractivity (Wildman–Crippen MR) is 116 cm³/mol. The van der Waals surface area contributed by atoms with Crippen LogP contribution in [-0.2, 0) is 9.59 Å². The van der Waals surface area contributed by atoms with Gasteiger partial charge in [0.15, 0.2) is 0 Å². The van der Waals surface area contributed by atoms with Crippen LogP contribution in [0.4, 0.5) is 5.69 Å². The molecule has 2 unspecified atom stereocenters. The normalized spacial score (nSPS) is 18.9. The Hall–Kier alpha value is -3.04. The summed E-state index contributed by atoms with van der Waals surface area (Å²) in [5.41, 5.74) is 3.72. The van der Waals surface area contributed by atoms with Crippen molar-refractivity contribution < 1.29 is 9.59 Å². The lowest BCUT2D eigenvalue weighted by molar-refractivity contribution is -0.117. The second-order valence-corrected chi connectivity index (χ2v) is 8.43. The van der Waals surface area contributed by atoms with Crippen LogP contribution in [0.15, 0.2) is 59.1 Å². The fraction of sp³-hybridized carbons (Fsp3) is 0.261. The van der Waals surface area contributed by atoms with Crippen LogP contribution in [0.2, 0.25) is 0 Å². The van der Waals surface area contributed by atoms with Gasteiger partial charge in [-0.1, -0.05) is 48.2 Å². The molecule has 3 rings (SSSR count). The van der Waals surface area contributed by atoms with E-state index in [1.165, 1.54) is 16.7 Å². The van der Waals surface area contributed by atoms with E-state index in [-0.39, 0.29) is 22.8 Å². The van der Waals surface area contributed by atoms with Gasteiger partial charge < -0.3 is 5.32 Å². The summed E-state index contributed by atoms with van der Waals surface area (Å²) in [5.74, 6) is -0.619. The van der Waals surface area contributed by atoms with Gasteiger partial charge in [-0.3, -0.25) is 14.5 Å². The van der Waals surface area contributed by atoms with Gasteiger partial charge in [-0.25, -0.2) is 0 Å². The van der Waals surface area contributed by atoms with E-state index in [0.29, 0.717) is 10.7 Å². The van der Waals surface area contributed by atoms with E-state index in [1.807, 2.05) is 75.4 Å². The molecular weight excluding hydrogens is 382 g/mol. The molecule has 2 aromatic rings. The number of carbonyl (C=O) groups is 2. The number of amides is 2. The van der Waals surface area contributed by atoms with Crippen LogP contribution >= 0.6 is 11.8 Å². The number of hydrogen-bond donors (Lipinski definition) is 1. The summed E-state index contributed by atoms with van der Waals surface area (Å²) in [6, 6.07) is 17.0. The van der Waals surface area contributed by atoms with Crippen LogP contribution in [-0.4, -0.2) is 17.1 Å². The Morgan fingerprint density at radius 3 is 2.48 bits per heavy atom. The van der Waals surface area contributed by atoms with Gasteiger partial charge in [-0.05, 0) is 56.5 Å². The molecule has 2 aromatic carbocycles. The molecule has 29 heavy (non-hydrogen) atoms. The second-order valence-electron chi connectivity index (χ2n) is 7.10. The third kappa shape index (κ3) is 4.20. The van der Waals surface area contributed by atoms with Crippen LogP contribution in [0.25, 0.3) is 0 Å². The average Bonchev–Trinajstić information content (AvgIpc) is 2.99. The molecule has 2 atom stereocenters. The molecule has 0 aromatic heterocycles. The number of thioether (sulfide) groups is 1.